The molecule has 3 atom stereocenters. The van der Waals surface area contributed by atoms with Crippen LogP contribution < -0.4 is 0 Å². The summed E-state index contributed by atoms with van der Waals surface area (Å²) in [4.78, 5) is 0. The first-order chi connectivity index (χ1) is 5.57. The first-order valence-corrected chi connectivity index (χ1v) is 4.49. The summed E-state index contributed by atoms with van der Waals surface area (Å²) in [6.45, 7) is 8.76. The van der Waals surface area contributed by atoms with Crippen LogP contribution in [0, 0.1) is 0 Å². The average molecular weight is 176 g/mol. The van der Waals surface area contributed by atoms with Crippen molar-refractivity contribution in [3.05, 3.63) is 0 Å². The standard InChI is InChI=1S/C9H20O3/c1-5-11-6-7(2)12-9(4)8(3)10/h7-10H,5-6H2,1-4H3/t7?,8-,9?/m1/s1. The number of aliphatic hydroxyl groups is 1. The second kappa shape index (κ2) is 6.40. The molecule has 0 spiro atoms. The minimum absolute atomic E-state index is 0.0505. The van der Waals surface area contributed by atoms with Crippen molar-refractivity contribution in [3.8, 4) is 0 Å². The van der Waals surface area contributed by atoms with E-state index in [-0.39, 0.29) is 12.2 Å². The van der Waals surface area contributed by atoms with Gasteiger partial charge in [0.1, 0.15) is 0 Å². The topological polar surface area (TPSA) is 38.7 Å². The highest BCUT2D eigenvalue weighted by Gasteiger charge is 2.12. The largest absolute Gasteiger partial charge is 0.391 e. The third-order valence-corrected chi connectivity index (χ3v) is 1.68. The second-order valence-electron chi connectivity index (χ2n) is 3.05. The van der Waals surface area contributed by atoms with Crippen LogP contribution in [0.15, 0.2) is 0 Å². The Morgan fingerprint density at radius 1 is 1.25 bits per heavy atom. The molecular weight excluding hydrogens is 156 g/mol. The Morgan fingerprint density at radius 3 is 2.25 bits per heavy atom. The van der Waals surface area contributed by atoms with Crippen molar-refractivity contribution < 1.29 is 14.6 Å². The van der Waals surface area contributed by atoms with Crippen molar-refractivity contribution in [3.63, 3.8) is 0 Å². The van der Waals surface area contributed by atoms with Crippen molar-refractivity contribution in [2.45, 2.75) is 46.0 Å². The lowest BCUT2D eigenvalue weighted by atomic mass is 10.2. The van der Waals surface area contributed by atoms with Crippen molar-refractivity contribution >= 4 is 0 Å². The van der Waals surface area contributed by atoms with Crippen molar-refractivity contribution in [1.82, 2.24) is 0 Å². The van der Waals surface area contributed by atoms with Gasteiger partial charge in [-0.25, -0.2) is 0 Å². The van der Waals surface area contributed by atoms with Gasteiger partial charge in [0.2, 0.25) is 0 Å². The molecule has 0 rings (SSSR count). The van der Waals surface area contributed by atoms with Crippen LogP contribution in [0.25, 0.3) is 0 Å². The number of rotatable bonds is 6. The summed E-state index contributed by atoms with van der Waals surface area (Å²) in [5.74, 6) is 0. The maximum Gasteiger partial charge on any atom is 0.0807 e. The van der Waals surface area contributed by atoms with Crippen molar-refractivity contribution in [1.29, 1.82) is 0 Å². The summed E-state index contributed by atoms with van der Waals surface area (Å²) in [6, 6.07) is 0. The first kappa shape index (κ1) is 11.9. The Kier molecular flexibility index (Phi) is 6.34. The molecule has 0 aliphatic carbocycles. The predicted octanol–water partition coefficient (Wildman–Crippen LogP) is 1.20. The molecule has 0 saturated carbocycles. The molecule has 0 aliphatic heterocycles. The van der Waals surface area contributed by atoms with E-state index < -0.39 is 6.10 Å². The molecule has 0 saturated heterocycles. The van der Waals surface area contributed by atoms with E-state index in [0.29, 0.717) is 13.2 Å². The van der Waals surface area contributed by atoms with Gasteiger partial charge in [0.15, 0.2) is 0 Å². The van der Waals surface area contributed by atoms with Gasteiger partial charge in [0.25, 0.3) is 0 Å². The summed E-state index contributed by atoms with van der Waals surface area (Å²) in [5, 5.41) is 9.13. The van der Waals surface area contributed by atoms with Gasteiger partial charge in [-0.15, -0.1) is 0 Å². The van der Waals surface area contributed by atoms with Crippen LogP contribution >= 0.6 is 0 Å². The zero-order valence-electron chi connectivity index (χ0n) is 8.41. The van der Waals surface area contributed by atoms with E-state index >= 15 is 0 Å². The highest BCUT2D eigenvalue weighted by Crippen LogP contribution is 2.02. The summed E-state index contributed by atoms with van der Waals surface area (Å²) >= 11 is 0. The van der Waals surface area contributed by atoms with Crippen molar-refractivity contribution in [2.24, 2.45) is 0 Å². The van der Waals surface area contributed by atoms with Gasteiger partial charge < -0.3 is 14.6 Å². The lowest BCUT2D eigenvalue weighted by Crippen LogP contribution is -2.29. The molecule has 0 fully saturated rings. The number of hydrogen-bond acceptors (Lipinski definition) is 3. The third kappa shape index (κ3) is 5.52. The van der Waals surface area contributed by atoms with Crippen LogP contribution in [0.5, 0.6) is 0 Å². The van der Waals surface area contributed by atoms with E-state index in [2.05, 4.69) is 0 Å². The van der Waals surface area contributed by atoms with Crippen LogP contribution in [-0.2, 0) is 9.47 Å². The zero-order valence-corrected chi connectivity index (χ0v) is 8.41. The van der Waals surface area contributed by atoms with Crippen LogP contribution in [0.3, 0.4) is 0 Å². The Bertz CT molecular complexity index is 104. The van der Waals surface area contributed by atoms with Gasteiger partial charge in [-0.1, -0.05) is 0 Å². The minimum atomic E-state index is -0.422. The molecule has 0 bridgehead atoms. The minimum Gasteiger partial charge on any atom is -0.391 e. The maximum absolute atomic E-state index is 9.13. The van der Waals surface area contributed by atoms with Gasteiger partial charge in [-0.3, -0.25) is 0 Å². The lowest BCUT2D eigenvalue weighted by Gasteiger charge is -2.20. The van der Waals surface area contributed by atoms with Gasteiger partial charge in [0.05, 0.1) is 24.9 Å². The number of ether oxygens (including phenoxy) is 2. The van der Waals surface area contributed by atoms with E-state index in [9.17, 15) is 0 Å². The van der Waals surface area contributed by atoms with Crippen LogP contribution in [0.4, 0.5) is 0 Å². The number of hydrogen-bond donors (Lipinski definition) is 1. The van der Waals surface area contributed by atoms with Gasteiger partial charge in [-0.2, -0.15) is 0 Å². The summed E-state index contributed by atoms with van der Waals surface area (Å²) in [5.41, 5.74) is 0. The third-order valence-electron chi connectivity index (χ3n) is 1.68. The van der Waals surface area contributed by atoms with Crippen molar-refractivity contribution in [2.75, 3.05) is 13.2 Å². The molecule has 3 heteroatoms. The van der Waals surface area contributed by atoms with Gasteiger partial charge in [0, 0.05) is 6.61 Å². The molecule has 0 aromatic heterocycles. The Balaban J connectivity index is 3.47. The maximum atomic E-state index is 9.13. The fourth-order valence-electron chi connectivity index (χ4n) is 0.803. The van der Waals surface area contributed by atoms with Gasteiger partial charge in [-0.05, 0) is 27.7 Å². The van der Waals surface area contributed by atoms with Crippen LogP contribution in [-0.4, -0.2) is 36.6 Å². The smallest absolute Gasteiger partial charge is 0.0807 e. The summed E-state index contributed by atoms with van der Waals surface area (Å²) < 4.78 is 10.6. The molecule has 12 heavy (non-hydrogen) atoms. The molecular formula is C9H20O3. The zero-order chi connectivity index (χ0) is 9.56. The Morgan fingerprint density at radius 2 is 1.83 bits per heavy atom. The van der Waals surface area contributed by atoms with Crippen LogP contribution in [0.2, 0.25) is 0 Å². The quantitative estimate of drug-likeness (QED) is 0.661. The molecule has 3 nitrogen and oxygen atoms in total. The Labute approximate surface area is 74.7 Å². The first-order valence-electron chi connectivity index (χ1n) is 4.49. The highest BCUT2D eigenvalue weighted by molar-refractivity contribution is 4.59. The molecule has 0 heterocycles. The lowest BCUT2D eigenvalue weighted by molar-refractivity contribution is -0.0803. The van der Waals surface area contributed by atoms with Crippen LogP contribution in [0.1, 0.15) is 27.7 Å². The van der Waals surface area contributed by atoms with E-state index in [1.54, 1.807) is 6.92 Å². The normalized spacial score (nSPS) is 18.8. The molecule has 1 N–H and O–H groups in total. The van der Waals surface area contributed by atoms with E-state index in [1.807, 2.05) is 20.8 Å². The molecule has 0 aromatic carbocycles. The molecule has 0 aromatic rings. The molecule has 74 valence electrons. The van der Waals surface area contributed by atoms with Gasteiger partial charge >= 0.3 is 0 Å². The monoisotopic (exact) mass is 176 g/mol. The molecule has 0 aliphatic rings. The van der Waals surface area contributed by atoms with E-state index in [1.165, 1.54) is 0 Å². The van der Waals surface area contributed by atoms with E-state index in [4.69, 9.17) is 14.6 Å². The fraction of sp³-hybridized carbons (Fsp3) is 1.00. The number of aliphatic hydroxyl groups excluding tert-OH is 1. The molecule has 0 amide bonds. The molecule has 0 radical (unpaired) electrons. The highest BCUT2D eigenvalue weighted by atomic mass is 16.5. The fourth-order valence-corrected chi connectivity index (χ4v) is 0.803. The SMILES string of the molecule is CCOCC(C)OC(C)[C@@H](C)O. The second-order valence-corrected chi connectivity index (χ2v) is 3.05. The Hall–Kier alpha value is -0.120. The summed E-state index contributed by atoms with van der Waals surface area (Å²) in [7, 11) is 0. The summed E-state index contributed by atoms with van der Waals surface area (Å²) in [6.07, 6.45) is -0.496. The predicted molar refractivity (Wildman–Crippen MR) is 48.2 cm³/mol. The van der Waals surface area contributed by atoms with E-state index in [0.717, 1.165) is 0 Å². The average Bonchev–Trinajstić information content (AvgIpc) is 2.00. The molecule has 2 unspecified atom stereocenters.